The first-order valence-corrected chi connectivity index (χ1v) is 8.28. The Morgan fingerprint density at radius 1 is 1.38 bits per heavy atom. The standard InChI is InChI=1S/C13H20FN4P.C2H6/c1-10-8-16-11(7-15)17-12(10)18(5-6-19-14)9-13(2,3)4;1-2/h8,19H,5-6,9H2,1-4H3;1-2H3. The van der Waals surface area contributed by atoms with E-state index in [1.54, 1.807) is 6.20 Å². The minimum Gasteiger partial charge on any atom is -0.355 e. The zero-order valence-corrected chi connectivity index (χ0v) is 14.9. The first-order chi connectivity index (χ1) is 9.87. The number of hydrogen-bond donors (Lipinski definition) is 0. The number of nitriles is 1. The highest BCUT2D eigenvalue weighted by molar-refractivity contribution is 7.31. The summed E-state index contributed by atoms with van der Waals surface area (Å²) < 4.78 is 12.5. The van der Waals surface area contributed by atoms with Crippen molar-refractivity contribution in [1.29, 1.82) is 5.26 Å². The first-order valence-electron chi connectivity index (χ1n) is 7.19. The Bertz CT molecular complexity index is 466. The molecule has 1 aromatic heterocycles. The third kappa shape index (κ3) is 7.34. The summed E-state index contributed by atoms with van der Waals surface area (Å²) >= 11 is 0. The van der Waals surface area contributed by atoms with Gasteiger partial charge in [-0.15, -0.1) is 0 Å². The fourth-order valence-corrected chi connectivity index (χ4v) is 2.17. The SMILES string of the molecule is CC.Cc1cnc(C#N)nc1N(CCPF)CC(C)(C)C. The predicted molar refractivity (Wildman–Crippen MR) is 88.8 cm³/mol. The van der Waals surface area contributed by atoms with Gasteiger partial charge in [0, 0.05) is 31.0 Å². The highest BCUT2D eigenvalue weighted by Crippen LogP contribution is 2.24. The summed E-state index contributed by atoms with van der Waals surface area (Å²) in [6.45, 7) is 13.7. The monoisotopic (exact) mass is 312 g/mol. The molecule has 1 aromatic rings. The smallest absolute Gasteiger partial charge is 0.234 e. The molecule has 0 saturated carbocycles. The quantitative estimate of drug-likeness (QED) is 0.768. The van der Waals surface area contributed by atoms with Crippen molar-refractivity contribution in [2.45, 2.75) is 41.5 Å². The van der Waals surface area contributed by atoms with Crippen molar-refractivity contribution in [1.82, 2.24) is 9.97 Å². The molecule has 1 heterocycles. The second-order valence-corrected chi connectivity index (χ2v) is 6.45. The van der Waals surface area contributed by atoms with E-state index in [0.717, 1.165) is 17.9 Å². The summed E-state index contributed by atoms with van der Waals surface area (Å²) in [5, 5.41) is 8.89. The Morgan fingerprint density at radius 3 is 2.48 bits per heavy atom. The molecule has 0 spiro atoms. The van der Waals surface area contributed by atoms with Crippen molar-refractivity contribution >= 4 is 14.7 Å². The van der Waals surface area contributed by atoms with Gasteiger partial charge < -0.3 is 4.90 Å². The van der Waals surface area contributed by atoms with Gasteiger partial charge in [0.25, 0.3) is 0 Å². The molecule has 1 atom stereocenters. The predicted octanol–water partition coefficient (Wildman–Crippen LogP) is 4.10. The van der Waals surface area contributed by atoms with Crippen molar-refractivity contribution in [3.05, 3.63) is 17.6 Å². The lowest BCUT2D eigenvalue weighted by molar-refractivity contribution is 0.411. The maximum Gasteiger partial charge on any atom is 0.234 e. The summed E-state index contributed by atoms with van der Waals surface area (Å²) in [6, 6.07) is 1.95. The topological polar surface area (TPSA) is 52.8 Å². The van der Waals surface area contributed by atoms with Crippen molar-refractivity contribution in [2.24, 2.45) is 5.41 Å². The lowest BCUT2D eigenvalue weighted by Gasteiger charge is -2.31. The van der Waals surface area contributed by atoms with Crippen LogP contribution in [-0.4, -0.2) is 29.2 Å². The van der Waals surface area contributed by atoms with E-state index in [2.05, 4.69) is 30.7 Å². The van der Waals surface area contributed by atoms with E-state index in [0.29, 0.717) is 12.7 Å². The fourth-order valence-electron chi connectivity index (χ4n) is 1.82. The van der Waals surface area contributed by atoms with Crippen LogP contribution in [-0.2, 0) is 0 Å². The maximum atomic E-state index is 12.5. The Kier molecular flexibility index (Phi) is 9.05. The molecule has 0 radical (unpaired) electrons. The Balaban J connectivity index is 0.00000191. The summed E-state index contributed by atoms with van der Waals surface area (Å²) in [5.41, 5.74) is 0.981. The van der Waals surface area contributed by atoms with Gasteiger partial charge in [0.15, 0.2) is 0 Å². The number of halogens is 1. The van der Waals surface area contributed by atoms with Crippen molar-refractivity contribution in [3.63, 3.8) is 0 Å². The molecule has 0 aliphatic rings. The molecule has 0 aliphatic heterocycles. The van der Waals surface area contributed by atoms with Gasteiger partial charge in [-0.2, -0.15) is 5.26 Å². The van der Waals surface area contributed by atoms with E-state index in [4.69, 9.17) is 5.26 Å². The van der Waals surface area contributed by atoms with Crippen LogP contribution in [0.4, 0.5) is 10.0 Å². The second-order valence-electron chi connectivity index (χ2n) is 5.68. The normalized spacial score (nSPS) is 11.0. The molecule has 0 amide bonds. The van der Waals surface area contributed by atoms with Gasteiger partial charge in [-0.1, -0.05) is 34.6 Å². The second kappa shape index (κ2) is 9.63. The van der Waals surface area contributed by atoms with Crippen LogP contribution in [0.25, 0.3) is 0 Å². The molecule has 6 heteroatoms. The van der Waals surface area contributed by atoms with Crippen LogP contribution in [0.1, 0.15) is 46.0 Å². The molecule has 0 aliphatic carbocycles. The average Bonchev–Trinajstić information content (AvgIpc) is 2.45. The van der Waals surface area contributed by atoms with E-state index in [-0.39, 0.29) is 11.2 Å². The largest absolute Gasteiger partial charge is 0.355 e. The summed E-state index contributed by atoms with van der Waals surface area (Å²) in [6.07, 6.45) is 2.13. The average molecular weight is 312 g/mol. The molecule has 0 bridgehead atoms. The molecule has 0 fully saturated rings. The van der Waals surface area contributed by atoms with Gasteiger partial charge in [-0.05, 0) is 12.3 Å². The molecule has 1 rings (SSSR count). The molecule has 0 saturated heterocycles. The van der Waals surface area contributed by atoms with Gasteiger partial charge in [0.05, 0.1) is 8.89 Å². The molecule has 4 nitrogen and oxygen atoms in total. The third-order valence-corrected chi connectivity index (χ3v) is 2.90. The Morgan fingerprint density at radius 2 is 2.00 bits per heavy atom. The van der Waals surface area contributed by atoms with Gasteiger partial charge in [0.2, 0.25) is 5.82 Å². The Hall–Kier alpha value is -1.27. The zero-order chi connectivity index (χ0) is 16.5. The van der Waals surface area contributed by atoms with E-state index in [1.807, 2.05) is 31.7 Å². The Labute approximate surface area is 129 Å². The third-order valence-electron chi connectivity index (χ3n) is 2.49. The zero-order valence-electron chi connectivity index (χ0n) is 13.9. The highest BCUT2D eigenvalue weighted by atomic mass is 31.1. The van der Waals surface area contributed by atoms with Crippen molar-refractivity contribution < 1.29 is 4.20 Å². The van der Waals surface area contributed by atoms with Gasteiger partial charge in [-0.3, -0.25) is 0 Å². The van der Waals surface area contributed by atoms with Crippen LogP contribution in [0, 0.1) is 23.7 Å². The highest BCUT2D eigenvalue weighted by Gasteiger charge is 2.19. The van der Waals surface area contributed by atoms with E-state index >= 15 is 0 Å². The number of hydrogen-bond acceptors (Lipinski definition) is 4. The van der Waals surface area contributed by atoms with E-state index in [1.165, 1.54) is 0 Å². The minimum absolute atomic E-state index is 0.0730. The first kappa shape index (κ1) is 19.7. The lowest BCUT2D eigenvalue weighted by Crippen LogP contribution is -2.35. The molecular formula is C15H26FN4P. The molecule has 0 aromatic carbocycles. The lowest BCUT2D eigenvalue weighted by atomic mass is 9.96. The molecule has 21 heavy (non-hydrogen) atoms. The molecular weight excluding hydrogens is 286 g/mol. The van der Waals surface area contributed by atoms with Crippen LogP contribution in [0.2, 0.25) is 0 Å². The van der Waals surface area contributed by atoms with Gasteiger partial charge >= 0.3 is 0 Å². The van der Waals surface area contributed by atoms with Gasteiger partial charge in [-0.25, -0.2) is 14.2 Å². The molecule has 0 N–H and O–H groups in total. The van der Waals surface area contributed by atoms with Crippen molar-refractivity contribution in [3.8, 4) is 6.07 Å². The summed E-state index contributed by atoms with van der Waals surface area (Å²) in [4.78, 5) is 10.3. The number of anilines is 1. The van der Waals surface area contributed by atoms with Crippen molar-refractivity contribution in [2.75, 3.05) is 24.2 Å². The van der Waals surface area contributed by atoms with Crippen LogP contribution in [0.5, 0.6) is 0 Å². The maximum absolute atomic E-state index is 12.5. The summed E-state index contributed by atoms with van der Waals surface area (Å²) in [5.74, 6) is 0.891. The summed E-state index contributed by atoms with van der Waals surface area (Å²) in [7, 11) is -0.574. The minimum atomic E-state index is -0.574. The molecule has 1 unspecified atom stereocenters. The number of nitrogens with zero attached hydrogens (tertiary/aromatic N) is 4. The van der Waals surface area contributed by atoms with E-state index in [9.17, 15) is 4.20 Å². The van der Waals surface area contributed by atoms with Crippen LogP contribution in [0.15, 0.2) is 6.20 Å². The molecule has 118 valence electrons. The van der Waals surface area contributed by atoms with Crippen LogP contribution in [0.3, 0.4) is 0 Å². The number of aryl methyl sites for hydroxylation is 1. The number of aromatic nitrogens is 2. The van der Waals surface area contributed by atoms with E-state index < -0.39 is 8.89 Å². The van der Waals surface area contributed by atoms with Gasteiger partial charge in [0.1, 0.15) is 11.9 Å². The van der Waals surface area contributed by atoms with Crippen LogP contribution < -0.4 is 4.90 Å². The van der Waals surface area contributed by atoms with Crippen LogP contribution >= 0.6 is 8.89 Å². The number of rotatable bonds is 5. The fraction of sp³-hybridized carbons (Fsp3) is 0.667.